The second-order valence-electron chi connectivity index (χ2n) is 3.69. The summed E-state index contributed by atoms with van der Waals surface area (Å²) in [5.41, 5.74) is 0.774. The van der Waals surface area contributed by atoms with E-state index in [4.69, 9.17) is 4.52 Å². The van der Waals surface area contributed by atoms with Crippen molar-refractivity contribution >= 4 is 5.95 Å². The van der Waals surface area contributed by atoms with E-state index in [1.54, 1.807) is 17.0 Å². The van der Waals surface area contributed by atoms with Gasteiger partial charge in [0.25, 0.3) is 5.95 Å². The number of phenols is 1. The van der Waals surface area contributed by atoms with E-state index in [0.717, 1.165) is 5.56 Å². The molecule has 1 aromatic carbocycles. The highest BCUT2D eigenvalue weighted by atomic mass is 16.5. The summed E-state index contributed by atoms with van der Waals surface area (Å²) < 4.78 is 5.07. The van der Waals surface area contributed by atoms with Crippen LogP contribution in [0.2, 0.25) is 0 Å². The highest BCUT2D eigenvalue weighted by molar-refractivity contribution is 5.34. The van der Waals surface area contributed by atoms with E-state index in [1.807, 2.05) is 26.2 Å². The van der Waals surface area contributed by atoms with E-state index in [9.17, 15) is 5.11 Å². The second kappa shape index (κ2) is 4.22. The van der Waals surface area contributed by atoms with Gasteiger partial charge < -0.3 is 14.5 Å². The van der Waals surface area contributed by atoms with Crippen molar-refractivity contribution in [3.63, 3.8) is 0 Å². The first kappa shape index (κ1) is 10.5. The Kier molecular flexibility index (Phi) is 2.76. The Morgan fingerprint density at radius 2 is 2.06 bits per heavy atom. The molecule has 0 unspecified atom stereocenters. The molecular weight excluding hydrogens is 206 g/mol. The number of hydrogen-bond acceptors (Lipinski definition) is 5. The predicted molar refractivity (Wildman–Crippen MR) is 59.5 cm³/mol. The van der Waals surface area contributed by atoms with E-state index in [1.165, 1.54) is 0 Å². The monoisotopic (exact) mass is 219 g/mol. The molecule has 0 fully saturated rings. The van der Waals surface area contributed by atoms with Gasteiger partial charge in [0, 0.05) is 19.7 Å². The topological polar surface area (TPSA) is 62.4 Å². The average Bonchev–Trinajstić information content (AvgIpc) is 2.70. The molecule has 5 nitrogen and oxygen atoms in total. The molecule has 0 saturated heterocycles. The maximum atomic E-state index is 9.59. The normalized spacial score (nSPS) is 10.4. The number of phenolic OH excluding ortho intramolecular Hbond substituents is 1. The first-order valence-electron chi connectivity index (χ1n) is 4.93. The SMILES string of the molecule is CN(C)c1noc(Cc2ccccc2O)n1. The zero-order valence-corrected chi connectivity index (χ0v) is 9.21. The van der Waals surface area contributed by atoms with Gasteiger partial charge in [-0.15, -0.1) is 0 Å². The molecule has 1 aromatic heterocycles. The summed E-state index contributed by atoms with van der Waals surface area (Å²) in [6.45, 7) is 0. The summed E-state index contributed by atoms with van der Waals surface area (Å²) in [6, 6.07) is 7.10. The summed E-state index contributed by atoms with van der Waals surface area (Å²) in [5.74, 6) is 1.27. The lowest BCUT2D eigenvalue weighted by Gasteiger charge is -2.02. The number of aromatic hydroxyl groups is 1. The lowest BCUT2D eigenvalue weighted by Crippen LogP contribution is -2.10. The van der Waals surface area contributed by atoms with Gasteiger partial charge in [-0.05, 0) is 11.2 Å². The second-order valence-corrected chi connectivity index (χ2v) is 3.69. The summed E-state index contributed by atoms with van der Waals surface area (Å²) >= 11 is 0. The summed E-state index contributed by atoms with van der Waals surface area (Å²) in [4.78, 5) is 5.94. The Labute approximate surface area is 93.3 Å². The molecule has 0 aliphatic heterocycles. The Morgan fingerprint density at radius 3 is 2.69 bits per heavy atom. The van der Waals surface area contributed by atoms with Crippen LogP contribution in [0, 0.1) is 0 Å². The summed E-state index contributed by atoms with van der Waals surface area (Å²) in [5, 5.41) is 13.4. The van der Waals surface area contributed by atoms with Crippen LogP contribution in [0.1, 0.15) is 11.5 Å². The van der Waals surface area contributed by atoms with Crippen molar-refractivity contribution in [2.24, 2.45) is 0 Å². The summed E-state index contributed by atoms with van der Waals surface area (Å²) in [7, 11) is 3.68. The van der Waals surface area contributed by atoms with Gasteiger partial charge in [-0.25, -0.2) is 0 Å². The van der Waals surface area contributed by atoms with Crippen LogP contribution in [-0.2, 0) is 6.42 Å². The molecule has 0 bridgehead atoms. The van der Waals surface area contributed by atoms with Gasteiger partial charge in [-0.3, -0.25) is 0 Å². The first-order chi connectivity index (χ1) is 7.66. The number of nitrogens with zero attached hydrogens (tertiary/aromatic N) is 3. The van der Waals surface area contributed by atoms with E-state index in [0.29, 0.717) is 18.3 Å². The van der Waals surface area contributed by atoms with Crippen LogP contribution in [0.3, 0.4) is 0 Å². The van der Waals surface area contributed by atoms with Crippen molar-refractivity contribution in [1.29, 1.82) is 0 Å². The van der Waals surface area contributed by atoms with Crippen LogP contribution in [-0.4, -0.2) is 29.3 Å². The maximum Gasteiger partial charge on any atom is 0.265 e. The molecule has 16 heavy (non-hydrogen) atoms. The fraction of sp³-hybridized carbons (Fsp3) is 0.273. The van der Waals surface area contributed by atoms with E-state index < -0.39 is 0 Å². The molecule has 84 valence electrons. The standard InChI is InChI=1S/C11H13N3O2/c1-14(2)11-12-10(16-13-11)7-8-5-3-4-6-9(8)15/h3-6,15H,7H2,1-2H3. The third-order valence-corrected chi connectivity index (χ3v) is 2.19. The highest BCUT2D eigenvalue weighted by Gasteiger charge is 2.10. The van der Waals surface area contributed by atoms with Gasteiger partial charge in [0.1, 0.15) is 5.75 Å². The molecule has 0 aliphatic carbocycles. The molecule has 0 aliphatic rings. The van der Waals surface area contributed by atoms with E-state index in [2.05, 4.69) is 10.1 Å². The molecule has 0 amide bonds. The molecule has 2 rings (SSSR count). The molecule has 1 N–H and O–H groups in total. The van der Waals surface area contributed by atoms with Crippen molar-refractivity contribution in [2.45, 2.75) is 6.42 Å². The molecule has 5 heteroatoms. The molecule has 0 radical (unpaired) electrons. The Balaban J connectivity index is 2.18. The maximum absolute atomic E-state index is 9.59. The molecule has 2 aromatic rings. The van der Waals surface area contributed by atoms with Gasteiger partial charge in [0.2, 0.25) is 5.89 Å². The number of rotatable bonds is 3. The Morgan fingerprint density at radius 1 is 1.31 bits per heavy atom. The van der Waals surface area contributed by atoms with Crippen LogP contribution >= 0.6 is 0 Å². The molecule has 0 atom stereocenters. The first-order valence-corrected chi connectivity index (χ1v) is 4.93. The third kappa shape index (κ3) is 2.13. The zero-order chi connectivity index (χ0) is 11.5. The van der Waals surface area contributed by atoms with Crippen molar-refractivity contribution in [3.8, 4) is 5.75 Å². The van der Waals surface area contributed by atoms with Crippen molar-refractivity contribution < 1.29 is 9.63 Å². The summed E-state index contributed by atoms with van der Waals surface area (Å²) in [6.07, 6.45) is 0.438. The molecular formula is C11H13N3O2. The molecule has 0 spiro atoms. The van der Waals surface area contributed by atoms with Crippen LogP contribution in [0.5, 0.6) is 5.75 Å². The zero-order valence-electron chi connectivity index (χ0n) is 9.21. The largest absolute Gasteiger partial charge is 0.508 e. The van der Waals surface area contributed by atoms with Crippen molar-refractivity contribution in [3.05, 3.63) is 35.7 Å². The highest BCUT2D eigenvalue weighted by Crippen LogP contribution is 2.19. The number of para-hydroxylation sites is 1. The lowest BCUT2D eigenvalue weighted by atomic mass is 10.1. The van der Waals surface area contributed by atoms with Gasteiger partial charge in [0.15, 0.2) is 0 Å². The number of anilines is 1. The van der Waals surface area contributed by atoms with Crippen molar-refractivity contribution in [2.75, 3.05) is 19.0 Å². The lowest BCUT2D eigenvalue weighted by molar-refractivity contribution is 0.382. The fourth-order valence-corrected chi connectivity index (χ4v) is 1.32. The number of hydrogen-bond donors (Lipinski definition) is 1. The van der Waals surface area contributed by atoms with Gasteiger partial charge in [0.05, 0.1) is 6.42 Å². The van der Waals surface area contributed by atoms with Gasteiger partial charge >= 0.3 is 0 Å². The minimum atomic E-state index is 0.243. The minimum Gasteiger partial charge on any atom is -0.508 e. The Bertz CT molecular complexity index is 480. The van der Waals surface area contributed by atoms with Gasteiger partial charge in [-0.2, -0.15) is 4.98 Å². The van der Waals surface area contributed by atoms with E-state index >= 15 is 0 Å². The third-order valence-electron chi connectivity index (χ3n) is 2.19. The average molecular weight is 219 g/mol. The quantitative estimate of drug-likeness (QED) is 0.846. The molecule has 1 heterocycles. The molecule has 0 saturated carbocycles. The number of aromatic nitrogens is 2. The smallest absolute Gasteiger partial charge is 0.265 e. The van der Waals surface area contributed by atoms with Crippen LogP contribution in [0.4, 0.5) is 5.95 Å². The van der Waals surface area contributed by atoms with Crippen LogP contribution in [0.15, 0.2) is 28.8 Å². The van der Waals surface area contributed by atoms with Crippen LogP contribution in [0.25, 0.3) is 0 Å². The minimum absolute atomic E-state index is 0.243. The fourth-order valence-electron chi connectivity index (χ4n) is 1.32. The van der Waals surface area contributed by atoms with Crippen LogP contribution < -0.4 is 4.90 Å². The Hall–Kier alpha value is -2.04. The predicted octanol–water partition coefficient (Wildman–Crippen LogP) is 1.43. The van der Waals surface area contributed by atoms with Crippen molar-refractivity contribution in [1.82, 2.24) is 10.1 Å². The van der Waals surface area contributed by atoms with E-state index in [-0.39, 0.29) is 5.75 Å². The number of benzene rings is 1. The van der Waals surface area contributed by atoms with Gasteiger partial charge in [-0.1, -0.05) is 18.2 Å².